The highest BCUT2D eigenvalue weighted by Gasteiger charge is 2.33. The van der Waals surface area contributed by atoms with E-state index >= 15 is 0 Å². The summed E-state index contributed by atoms with van der Waals surface area (Å²) >= 11 is 0. The highest BCUT2D eigenvalue weighted by molar-refractivity contribution is 6.00. The fraction of sp³-hybridized carbons (Fsp3) is 0.356. The first-order valence-electron chi connectivity index (χ1n) is 27.1. The minimum atomic E-state index is -1.12. The van der Waals surface area contributed by atoms with Gasteiger partial charge >= 0.3 is 11.8 Å². The molecule has 2 aliphatic heterocycles. The zero-order valence-electron chi connectivity index (χ0n) is 45.7. The number of amides is 4. The summed E-state index contributed by atoms with van der Waals surface area (Å²) in [5, 5.41) is 35.7. The van der Waals surface area contributed by atoms with Gasteiger partial charge in [0, 0.05) is 94.7 Å². The number of alkyl carbamates (subject to hydrolysis) is 1. The van der Waals surface area contributed by atoms with Crippen molar-refractivity contribution in [3.05, 3.63) is 142 Å². The van der Waals surface area contributed by atoms with Crippen LogP contribution in [-0.4, -0.2) is 139 Å². The Labute approximate surface area is 461 Å². The van der Waals surface area contributed by atoms with Gasteiger partial charge in [0.15, 0.2) is 11.9 Å². The fourth-order valence-electron chi connectivity index (χ4n) is 10.7. The number of benzene rings is 3. The number of piperazine rings is 1. The van der Waals surface area contributed by atoms with Gasteiger partial charge in [-0.15, -0.1) is 10.2 Å². The number of carbonyl (C=O) groups is 4. The summed E-state index contributed by atoms with van der Waals surface area (Å²) < 4.78 is 10.7. The minimum Gasteiger partial charge on any atom is -0.508 e. The van der Waals surface area contributed by atoms with Crippen molar-refractivity contribution in [1.82, 2.24) is 64.2 Å². The van der Waals surface area contributed by atoms with Gasteiger partial charge in [-0.25, -0.2) is 14.6 Å². The van der Waals surface area contributed by atoms with Gasteiger partial charge in [0.05, 0.1) is 46.5 Å². The second kappa shape index (κ2) is 23.2. The van der Waals surface area contributed by atoms with Gasteiger partial charge in [-0.2, -0.15) is 0 Å². The average molecular weight is 1080 g/mol. The SMILES string of the molecule is CCNC(=O)c1nnc(-c2cc(C(C)C)c(O)cc2O)n1-c1ccc(CN2CCN(C(=O)CC(NC(=O)O[C@@H](C)C(=O)N3CCC(n4c(=O)n(C)c5cnc6ccc(-c7ccc(C)nc7)nc6c54)CC3)c3ccccc3)CC2)cc1. The molecule has 8 aromatic rings. The van der Waals surface area contributed by atoms with E-state index < -0.39 is 24.1 Å². The Bertz CT molecular complexity index is 3660. The number of hydrogen-bond acceptors (Lipinski definition) is 14. The molecule has 3 aromatic carbocycles. The van der Waals surface area contributed by atoms with Gasteiger partial charge in [0.1, 0.15) is 17.0 Å². The Morgan fingerprint density at radius 2 is 1.55 bits per heavy atom. The summed E-state index contributed by atoms with van der Waals surface area (Å²) in [6, 6.07) is 26.5. The maximum absolute atomic E-state index is 14.0. The van der Waals surface area contributed by atoms with Crippen LogP contribution in [0.2, 0.25) is 0 Å². The number of rotatable bonds is 15. The van der Waals surface area contributed by atoms with E-state index in [-0.39, 0.29) is 59.0 Å². The van der Waals surface area contributed by atoms with Crippen molar-refractivity contribution in [3.63, 3.8) is 0 Å². The molecule has 80 heavy (non-hydrogen) atoms. The number of likely N-dealkylation sites (tertiary alicyclic amines) is 1. The lowest BCUT2D eigenvalue weighted by molar-refractivity contribution is -0.141. The molecule has 0 bridgehead atoms. The first-order chi connectivity index (χ1) is 38.6. The molecule has 0 spiro atoms. The molecule has 2 fully saturated rings. The van der Waals surface area contributed by atoms with Gasteiger partial charge in [0.2, 0.25) is 11.7 Å². The van der Waals surface area contributed by atoms with E-state index in [1.807, 2.05) is 99.6 Å². The molecular formula is C59H65N13O8. The van der Waals surface area contributed by atoms with Crippen LogP contribution >= 0.6 is 0 Å². The van der Waals surface area contributed by atoms with Crippen molar-refractivity contribution >= 4 is 45.9 Å². The molecule has 7 heterocycles. The predicted molar refractivity (Wildman–Crippen MR) is 300 cm³/mol. The highest BCUT2D eigenvalue weighted by atomic mass is 16.6. The molecule has 414 valence electrons. The number of carbonyl (C=O) groups excluding carboxylic acids is 4. The molecule has 0 aliphatic carbocycles. The lowest BCUT2D eigenvalue weighted by atomic mass is 9.98. The number of aromatic nitrogens is 8. The number of imidazole rings is 1. The Hall–Kier alpha value is -8.98. The maximum atomic E-state index is 14.0. The molecule has 4 amide bonds. The standard InChI is InChI=1S/C59H65N13O8/c1-7-60-56(76)55-66-65-54(44-29-43(35(2)3)49(73)31-50(44)74)72(55)41-17-14-38(15-18-41)34-68-25-27-69(28-26-68)51(75)30-47(39-11-9-8-10-12-39)64-58(78)80-37(5)57(77)70-23-21-42(22-24-70)71-53-48(67(6)59(71)79)33-62-46-20-19-45(63-52(46)53)40-16-13-36(4)61-32-40/h8-20,29,31-33,35,37,42,47,73-74H,7,21-28,30,34H2,1-6H3,(H,60,76)(H,64,78)/t37-,47?/m0/s1. The van der Waals surface area contributed by atoms with Crippen molar-refractivity contribution < 1.29 is 34.1 Å². The number of aromatic hydroxyl groups is 2. The summed E-state index contributed by atoms with van der Waals surface area (Å²) in [6.07, 6.45) is 2.46. The molecule has 10 rings (SSSR count). The number of fused-ring (bicyclic) bond motifs is 3. The lowest BCUT2D eigenvalue weighted by Gasteiger charge is -2.35. The monoisotopic (exact) mass is 1080 g/mol. The van der Waals surface area contributed by atoms with Crippen LogP contribution in [0, 0.1) is 6.92 Å². The highest BCUT2D eigenvalue weighted by Crippen LogP contribution is 2.39. The smallest absolute Gasteiger partial charge is 0.408 e. The molecule has 21 heteroatoms. The van der Waals surface area contributed by atoms with Gasteiger partial charge in [0.25, 0.3) is 11.8 Å². The van der Waals surface area contributed by atoms with Crippen molar-refractivity contribution in [2.24, 2.45) is 7.05 Å². The lowest BCUT2D eigenvalue weighted by Crippen LogP contribution is -2.49. The summed E-state index contributed by atoms with van der Waals surface area (Å²) in [7, 11) is 1.72. The van der Waals surface area contributed by atoms with Crippen LogP contribution in [-0.2, 0) is 27.9 Å². The quantitative estimate of drug-likeness (QED) is 0.0813. The molecule has 21 nitrogen and oxygen atoms in total. The summed E-state index contributed by atoms with van der Waals surface area (Å²) in [5.74, 6) is -0.948. The predicted octanol–water partition coefficient (Wildman–Crippen LogP) is 6.94. The number of ether oxygens (including phenoxy) is 1. The maximum Gasteiger partial charge on any atom is 0.408 e. The van der Waals surface area contributed by atoms with E-state index in [1.54, 1.807) is 55.9 Å². The van der Waals surface area contributed by atoms with E-state index in [2.05, 4.69) is 35.7 Å². The first kappa shape index (κ1) is 54.4. The second-order valence-electron chi connectivity index (χ2n) is 20.8. The van der Waals surface area contributed by atoms with E-state index in [0.29, 0.717) is 115 Å². The van der Waals surface area contributed by atoms with Crippen LogP contribution in [0.5, 0.6) is 11.5 Å². The molecule has 2 atom stereocenters. The number of pyridine rings is 3. The molecule has 4 N–H and O–H groups in total. The molecule has 2 aliphatic rings. The van der Waals surface area contributed by atoms with Crippen molar-refractivity contribution in [2.45, 2.75) is 84.5 Å². The Morgan fingerprint density at radius 3 is 2.24 bits per heavy atom. The topological polar surface area (TPSA) is 248 Å². The van der Waals surface area contributed by atoms with Crippen molar-refractivity contribution in [1.29, 1.82) is 0 Å². The third-order valence-electron chi connectivity index (χ3n) is 15.2. The average Bonchev–Trinajstić information content (AvgIpc) is 4.02. The van der Waals surface area contributed by atoms with Crippen LogP contribution in [0.1, 0.15) is 98.0 Å². The molecule has 2 saturated heterocycles. The van der Waals surface area contributed by atoms with E-state index in [0.717, 1.165) is 16.8 Å². The zero-order valence-corrected chi connectivity index (χ0v) is 45.7. The van der Waals surface area contributed by atoms with Gasteiger partial charge in [-0.05, 0) is 98.7 Å². The van der Waals surface area contributed by atoms with E-state index in [4.69, 9.17) is 9.72 Å². The van der Waals surface area contributed by atoms with Gasteiger partial charge in [-0.1, -0.05) is 56.3 Å². The van der Waals surface area contributed by atoms with Crippen LogP contribution in [0.4, 0.5) is 4.79 Å². The molecule has 5 aromatic heterocycles. The number of nitrogens with zero attached hydrogens (tertiary/aromatic N) is 11. The van der Waals surface area contributed by atoms with Crippen molar-refractivity contribution in [2.75, 3.05) is 45.8 Å². The van der Waals surface area contributed by atoms with Gasteiger partial charge < -0.3 is 35.4 Å². The number of aryl methyl sites for hydroxylation is 2. The van der Waals surface area contributed by atoms with Crippen LogP contribution in [0.3, 0.4) is 0 Å². The Morgan fingerprint density at radius 1 is 0.812 bits per heavy atom. The van der Waals surface area contributed by atoms with Crippen molar-refractivity contribution in [3.8, 4) is 39.8 Å². The van der Waals surface area contributed by atoms with Crippen LogP contribution in [0.15, 0.2) is 108 Å². The van der Waals surface area contributed by atoms with E-state index in [1.165, 1.54) is 13.0 Å². The number of phenols is 2. The summed E-state index contributed by atoms with van der Waals surface area (Å²) in [6.45, 7) is 12.9. The third-order valence-corrected chi connectivity index (χ3v) is 15.2. The van der Waals surface area contributed by atoms with Crippen LogP contribution in [0.25, 0.3) is 50.4 Å². The Balaban J connectivity index is 0.744. The zero-order chi connectivity index (χ0) is 56.4. The van der Waals surface area contributed by atoms with Gasteiger partial charge in [-0.3, -0.25) is 43.0 Å². The number of phenolic OH excluding ortho intramolecular Hbond substituents is 2. The largest absolute Gasteiger partial charge is 0.508 e. The second-order valence-corrected chi connectivity index (χ2v) is 20.8. The molecule has 1 unspecified atom stereocenters. The van der Waals surface area contributed by atoms with Crippen LogP contribution < -0.4 is 16.3 Å². The normalized spacial score (nSPS) is 15.1. The fourth-order valence-corrected chi connectivity index (χ4v) is 10.7. The summed E-state index contributed by atoms with van der Waals surface area (Å²) in [4.78, 5) is 88.3. The summed E-state index contributed by atoms with van der Waals surface area (Å²) in [5.41, 5.74) is 8.09. The number of piperidine rings is 1. The molecular weight excluding hydrogens is 1020 g/mol. The first-order valence-corrected chi connectivity index (χ1v) is 27.1. The minimum absolute atomic E-state index is 0.0284. The third kappa shape index (κ3) is 11.2. The van der Waals surface area contributed by atoms with E-state index in [9.17, 15) is 34.2 Å². The molecule has 0 radical (unpaired) electrons. The number of hydrogen-bond donors (Lipinski definition) is 4. The number of nitrogens with one attached hydrogen (secondary N) is 2. The Kier molecular flexibility index (Phi) is 15.7. The molecule has 0 saturated carbocycles.